The molecule has 1 amide bonds. The Morgan fingerprint density at radius 2 is 2.00 bits per heavy atom. The first-order valence-electron chi connectivity index (χ1n) is 7.54. The number of aromatic nitrogens is 2. The Morgan fingerprint density at radius 3 is 2.75 bits per heavy atom. The second-order valence-corrected chi connectivity index (χ2v) is 5.15. The number of hydrogen-bond acceptors (Lipinski definition) is 6. The number of hydrogen-bond donors (Lipinski definition) is 1. The highest BCUT2D eigenvalue weighted by Gasteiger charge is 2.14. The summed E-state index contributed by atoms with van der Waals surface area (Å²) in [7, 11) is 0. The summed E-state index contributed by atoms with van der Waals surface area (Å²) in [5.74, 6) is 0.847. The summed E-state index contributed by atoms with van der Waals surface area (Å²) in [6.07, 6.45) is 1.40. The Balaban J connectivity index is 1.55. The average Bonchev–Trinajstić information content (AvgIpc) is 2.62. The van der Waals surface area contributed by atoms with Gasteiger partial charge in [0.05, 0.1) is 13.2 Å². The quantitative estimate of drug-likeness (QED) is 0.893. The number of anilines is 2. The van der Waals surface area contributed by atoms with Crippen LogP contribution in [0.15, 0.2) is 36.7 Å². The first-order chi connectivity index (χ1) is 11.7. The molecule has 8 heteroatoms. The van der Waals surface area contributed by atoms with Gasteiger partial charge in [-0.05, 0) is 24.3 Å². The van der Waals surface area contributed by atoms with Gasteiger partial charge in [0.2, 0.25) is 0 Å². The summed E-state index contributed by atoms with van der Waals surface area (Å²) < 4.78 is 23.4. The largest absolute Gasteiger partial charge is 0.484 e. The lowest BCUT2D eigenvalue weighted by Gasteiger charge is -2.27. The molecule has 0 radical (unpaired) electrons. The van der Waals surface area contributed by atoms with E-state index in [4.69, 9.17) is 9.47 Å². The number of nitrogens with one attached hydrogen (secondary N) is 1. The van der Waals surface area contributed by atoms with Crippen LogP contribution < -0.4 is 15.0 Å². The number of benzene rings is 1. The Morgan fingerprint density at radius 1 is 1.25 bits per heavy atom. The molecule has 2 heterocycles. The van der Waals surface area contributed by atoms with Crippen molar-refractivity contribution in [2.75, 3.05) is 43.1 Å². The molecule has 2 aromatic rings. The van der Waals surface area contributed by atoms with Crippen LogP contribution in [0.1, 0.15) is 0 Å². The fourth-order valence-electron chi connectivity index (χ4n) is 2.24. The third-order valence-electron chi connectivity index (χ3n) is 3.44. The second kappa shape index (κ2) is 7.69. The predicted octanol–water partition coefficient (Wildman–Crippen LogP) is 1.47. The Bertz CT molecular complexity index is 690. The van der Waals surface area contributed by atoms with Crippen molar-refractivity contribution in [3.8, 4) is 5.75 Å². The van der Waals surface area contributed by atoms with Crippen LogP contribution in [0.3, 0.4) is 0 Å². The molecule has 1 aliphatic heterocycles. The van der Waals surface area contributed by atoms with Crippen molar-refractivity contribution in [1.82, 2.24) is 9.97 Å². The van der Waals surface area contributed by atoms with E-state index in [1.54, 1.807) is 6.07 Å². The predicted molar refractivity (Wildman–Crippen MR) is 85.6 cm³/mol. The second-order valence-electron chi connectivity index (χ2n) is 5.15. The number of halogens is 1. The number of amides is 1. The lowest BCUT2D eigenvalue weighted by atomic mass is 10.3. The number of carbonyl (C=O) groups excluding carboxylic acids is 1. The zero-order valence-electron chi connectivity index (χ0n) is 12.9. The molecule has 1 aromatic heterocycles. The molecule has 1 aromatic carbocycles. The zero-order valence-corrected chi connectivity index (χ0v) is 12.9. The van der Waals surface area contributed by atoms with Crippen molar-refractivity contribution in [1.29, 1.82) is 0 Å². The van der Waals surface area contributed by atoms with E-state index in [2.05, 4.69) is 20.2 Å². The number of nitrogens with zero attached hydrogens (tertiary/aromatic N) is 3. The van der Waals surface area contributed by atoms with E-state index in [1.165, 1.54) is 30.6 Å². The maximum Gasteiger partial charge on any atom is 0.263 e. The van der Waals surface area contributed by atoms with Gasteiger partial charge in [-0.25, -0.2) is 14.4 Å². The van der Waals surface area contributed by atoms with Crippen LogP contribution in [-0.4, -0.2) is 48.8 Å². The minimum Gasteiger partial charge on any atom is -0.484 e. The van der Waals surface area contributed by atoms with Crippen LogP contribution in [0.4, 0.5) is 16.0 Å². The fraction of sp³-hybridized carbons (Fsp3) is 0.312. The third-order valence-corrected chi connectivity index (χ3v) is 3.44. The molecule has 1 N–H and O–H groups in total. The summed E-state index contributed by atoms with van der Waals surface area (Å²) in [5, 5.41) is 2.66. The molecule has 0 atom stereocenters. The van der Waals surface area contributed by atoms with E-state index < -0.39 is 0 Å². The molecule has 0 bridgehead atoms. The highest BCUT2D eigenvalue weighted by atomic mass is 19.1. The van der Waals surface area contributed by atoms with Crippen molar-refractivity contribution < 1.29 is 18.7 Å². The van der Waals surface area contributed by atoms with Crippen LogP contribution in [0, 0.1) is 5.82 Å². The number of ether oxygens (including phenoxy) is 2. The summed E-state index contributed by atoms with van der Waals surface area (Å²) >= 11 is 0. The van der Waals surface area contributed by atoms with E-state index in [9.17, 15) is 9.18 Å². The van der Waals surface area contributed by atoms with Gasteiger partial charge < -0.3 is 19.7 Å². The van der Waals surface area contributed by atoms with Gasteiger partial charge in [-0.2, -0.15) is 0 Å². The maximum absolute atomic E-state index is 12.8. The molecule has 0 saturated carbocycles. The molecule has 1 saturated heterocycles. The summed E-state index contributed by atoms with van der Waals surface area (Å²) in [6.45, 7) is 2.60. The summed E-state index contributed by atoms with van der Waals surface area (Å²) in [6, 6.07) is 7.17. The lowest BCUT2D eigenvalue weighted by molar-refractivity contribution is -0.118. The number of carbonyl (C=O) groups is 1. The van der Waals surface area contributed by atoms with Crippen molar-refractivity contribution >= 4 is 17.5 Å². The molecule has 1 aliphatic rings. The van der Waals surface area contributed by atoms with Crippen LogP contribution in [0.25, 0.3) is 0 Å². The van der Waals surface area contributed by atoms with Gasteiger partial charge in [0, 0.05) is 19.2 Å². The Kier molecular flexibility index (Phi) is 5.17. The first kappa shape index (κ1) is 16.1. The normalized spacial score (nSPS) is 14.3. The smallest absolute Gasteiger partial charge is 0.263 e. The van der Waals surface area contributed by atoms with E-state index >= 15 is 0 Å². The SMILES string of the molecule is O=C(COc1ccc(F)cc1)Nc1cc(N2CCOCC2)ncn1. The van der Waals surface area contributed by atoms with Gasteiger partial charge >= 0.3 is 0 Å². The van der Waals surface area contributed by atoms with Gasteiger partial charge in [-0.1, -0.05) is 0 Å². The molecule has 0 aliphatic carbocycles. The molecule has 3 rings (SSSR count). The number of morpholine rings is 1. The Hall–Kier alpha value is -2.74. The first-order valence-corrected chi connectivity index (χ1v) is 7.54. The standard InChI is InChI=1S/C16H17FN4O3/c17-12-1-3-13(4-2-12)24-10-16(22)20-14-9-15(19-11-18-14)21-5-7-23-8-6-21/h1-4,9,11H,5-8,10H2,(H,18,19,20,22). The van der Waals surface area contributed by atoms with Crippen molar-refractivity contribution in [3.05, 3.63) is 42.5 Å². The topological polar surface area (TPSA) is 76.6 Å². The van der Waals surface area contributed by atoms with Gasteiger partial charge in [0.1, 0.15) is 29.5 Å². The van der Waals surface area contributed by atoms with Crippen LogP contribution >= 0.6 is 0 Å². The summed E-state index contributed by atoms with van der Waals surface area (Å²) in [4.78, 5) is 22.2. The van der Waals surface area contributed by atoms with Gasteiger partial charge in [-0.3, -0.25) is 4.79 Å². The van der Waals surface area contributed by atoms with E-state index in [1.807, 2.05) is 0 Å². The molecule has 1 fully saturated rings. The minimum atomic E-state index is -0.358. The molecule has 0 unspecified atom stereocenters. The van der Waals surface area contributed by atoms with Crippen LogP contribution in [-0.2, 0) is 9.53 Å². The van der Waals surface area contributed by atoms with E-state index in [-0.39, 0.29) is 18.3 Å². The highest BCUT2D eigenvalue weighted by Crippen LogP contribution is 2.15. The van der Waals surface area contributed by atoms with Crippen molar-refractivity contribution in [3.63, 3.8) is 0 Å². The van der Waals surface area contributed by atoms with E-state index in [0.29, 0.717) is 24.8 Å². The molecule has 126 valence electrons. The molecule has 24 heavy (non-hydrogen) atoms. The van der Waals surface area contributed by atoms with Gasteiger partial charge in [0.25, 0.3) is 5.91 Å². The molecular weight excluding hydrogens is 315 g/mol. The lowest BCUT2D eigenvalue weighted by Crippen LogP contribution is -2.36. The monoisotopic (exact) mass is 332 g/mol. The van der Waals surface area contributed by atoms with Gasteiger partial charge in [0.15, 0.2) is 6.61 Å². The highest BCUT2D eigenvalue weighted by molar-refractivity contribution is 5.91. The van der Waals surface area contributed by atoms with Gasteiger partial charge in [-0.15, -0.1) is 0 Å². The van der Waals surface area contributed by atoms with Crippen molar-refractivity contribution in [2.45, 2.75) is 0 Å². The van der Waals surface area contributed by atoms with Crippen LogP contribution in [0.5, 0.6) is 5.75 Å². The third kappa shape index (κ3) is 4.39. The maximum atomic E-state index is 12.8. The Labute approximate surface area is 138 Å². The fourth-order valence-corrected chi connectivity index (χ4v) is 2.24. The molecular formula is C16H17FN4O3. The molecule has 7 nitrogen and oxygen atoms in total. The summed E-state index contributed by atoms with van der Waals surface area (Å²) in [5.41, 5.74) is 0. The molecule has 0 spiro atoms. The van der Waals surface area contributed by atoms with E-state index in [0.717, 1.165) is 18.9 Å². The number of rotatable bonds is 5. The minimum absolute atomic E-state index is 0.192. The van der Waals surface area contributed by atoms with Crippen LogP contribution in [0.2, 0.25) is 0 Å². The van der Waals surface area contributed by atoms with Crippen molar-refractivity contribution in [2.24, 2.45) is 0 Å². The zero-order chi connectivity index (χ0) is 16.8. The average molecular weight is 332 g/mol.